The molecular weight excluding hydrogens is 188 g/mol. The van der Waals surface area contributed by atoms with Gasteiger partial charge >= 0.3 is 0 Å². The van der Waals surface area contributed by atoms with Crippen LogP contribution in [0, 0.1) is 0 Å². The molecule has 15 heavy (non-hydrogen) atoms. The van der Waals surface area contributed by atoms with Crippen molar-refractivity contribution in [2.45, 2.75) is 44.8 Å². The maximum atomic E-state index is 9.95. The molecule has 0 saturated heterocycles. The summed E-state index contributed by atoms with van der Waals surface area (Å²) >= 11 is 0. The second-order valence-electron chi connectivity index (χ2n) is 4.78. The zero-order valence-electron chi connectivity index (χ0n) is 9.64. The van der Waals surface area contributed by atoms with Crippen molar-refractivity contribution in [2.24, 2.45) is 0 Å². The third-order valence-electron chi connectivity index (χ3n) is 2.61. The van der Waals surface area contributed by atoms with Crippen molar-refractivity contribution in [1.82, 2.24) is 0 Å². The van der Waals surface area contributed by atoms with Crippen LogP contribution in [-0.4, -0.2) is 21.9 Å². The van der Waals surface area contributed by atoms with Crippen LogP contribution in [0.4, 0.5) is 0 Å². The predicted molar refractivity (Wildman–Crippen MR) is 61.8 cm³/mol. The zero-order valence-corrected chi connectivity index (χ0v) is 9.64. The molecule has 2 N–H and O–H groups in total. The molecule has 0 aliphatic carbocycles. The smallest absolute Gasteiger partial charge is 0.0633 e. The van der Waals surface area contributed by atoms with Gasteiger partial charge in [0.15, 0.2) is 0 Å². The lowest BCUT2D eigenvalue weighted by molar-refractivity contribution is 0.0108. The second kappa shape index (κ2) is 4.77. The molecule has 0 radical (unpaired) electrons. The molecule has 2 unspecified atom stereocenters. The molecule has 0 fully saturated rings. The molecule has 0 heterocycles. The van der Waals surface area contributed by atoms with Crippen LogP contribution < -0.4 is 0 Å². The second-order valence-corrected chi connectivity index (χ2v) is 4.78. The van der Waals surface area contributed by atoms with Crippen molar-refractivity contribution >= 4 is 0 Å². The highest BCUT2D eigenvalue weighted by Crippen LogP contribution is 2.24. The zero-order chi connectivity index (χ0) is 11.5. The van der Waals surface area contributed by atoms with Crippen molar-refractivity contribution in [2.75, 3.05) is 0 Å². The summed E-state index contributed by atoms with van der Waals surface area (Å²) in [5.41, 5.74) is 0.289. The number of aliphatic hydroxyl groups is 2. The van der Waals surface area contributed by atoms with Crippen LogP contribution in [0.3, 0.4) is 0 Å². The first kappa shape index (κ1) is 12.2. The van der Waals surface area contributed by atoms with Crippen molar-refractivity contribution < 1.29 is 10.2 Å². The topological polar surface area (TPSA) is 40.5 Å². The number of rotatable bonds is 4. The summed E-state index contributed by atoms with van der Waals surface area (Å²) in [4.78, 5) is 0. The van der Waals surface area contributed by atoms with E-state index >= 15 is 0 Å². The maximum absolute atomic E-state index is 9.95. The number of hydrogen-bond donors (Lipinski definition) is 2. The third kappa shape index (κ3) is 4.02. The average Bonchev–Trinajstić information content (AvgIpc) is 2.15. The largest absolute Gasteiger partial charge is 0.392 e. The molecular formula is C13H20O2. The van der Waals surface area contributed by atoms with Gasteiger partial charge in [-0.05, 0) is 19.4 Å². The average molecular weight is 208 g/mol. The van der Waals surface area contributed by atoms with Gasteiger partial charge in [-0.3, -0.25) is 0 Å². The van der Waals surface area contributed by atoms with E-state index in [9.17, 15) is 10.2 Å². The summed E-state index contributed by atoms with van der Waals surface area (Å²) in [7, 11) is 0. The Hall–Kier alpha value is -0.860. The summed E-state index contributed by atoms with van der Waals surface area (Å²) in [6.07, 6.45) is -0.115. The van der Waals surface area contributed by atoms with Crippen molar-refractivity contribution in [3.63, 3.8) is 0 Å². The summed E-state index contributed by atoms with van der Waals surface area (Å²) < 4.78 is 0. The Kier molecular flexibility index (Phi) is 3.89. The summed E-state index contributed by atoms with van der Waals surface area (Å²) in [5.74, 6) is 0.0534. The van der Waals surface area contributed by atoms with E-state index in [-0.39, 0.29) is 5.92 Å². The van der Waals surface area contributed by atoms with E-state index in [1.54, 1.807) is 13.8 Å². The molecule has 1 rings (SSSR count). The lowest BCUT2D eigenvalue weighted by atomic mass is 9.88. The first-order chi connectivity index (χ1) is 6.90. The molecule has 0 aliphatic heterocycles. The fourth-order valence-corrected chi connectivity index (χ4v) is 1.67. The van der Waals surface area contributed by atoms with Crippen LogP contribution in [0.2, 0.25) is 0 Å². The molecule has 1 aromatic rings. The van der Waals surface area contributed by atoms with Crippen LogP contribution in [0.25, 0.3) is 0 Å². The quantitative estimate of drug-likeness (QED) is 0.797. The Morgan fingerprint density at radius 1 is 1.20 bits per heavy atom. The highest BCUT2D eigenvalue weighted by molar-refractivity contribution is 5.19. The number of aliphatic hydroxyl groups excluding tert-OH is 1. The summed E-state index contributed by atoms with van der Waals surface area (Å²) in [5, 5.41) is 19.6. The third-order valence-corrected chi connectivity index (χ3v) is 2.61. The van der Waals surface area contributed by atoms with E-state index in [1.807, 2.05) is 37.3 Å². The van der Waals surface area contributed by atoms with Crippen molar-refractivity contribution in [1.29, 1.82) is 0 Å². The molecule has 1 aromatic carbocycles. The van der Waals surface area contributed by atoms with Crippen molar-refractivity contribution in [3.8, 4) is 0 Å². The molecule has 2 atom stereocenters. The van der Waals surface area contributed by atoms with Crippen LogP contribution in [0.5, 0.6) is 0 Å². The Balaban J connectivity index is 2.65. The summed E-state index contributed by atoms with van der Waals surface area (Å²) in [6.45, 7) is 5.41. The maximum Gasteiger partial charge on any atom is 0.0633 e. The molecule has 0 amide bonds. The molecule has 0 spiro atoms. The number of benzene rings is 1. The molecule has 0 saturated carbocycles. The first-order valence-electron chi connectivity index (χ1n) is 5.35. The highest BCUT2D eigenvalue weighted by atomic mass is 16.3. The van der Waals surface area contributed by atoms with Gasteiger partial charge in [0.1, 0.15) is 0 Å². The minimum Gasteiger partial charge on any atom is -0.392 e. The fourth-order valence-electron chi connectivity index (χ4n) is 1.67. The van der Waals surface area contributed by atoms with Gasteiger partial charge in [-0.1, -0.05) is 37.3 Å². The standard InChI is InChI=1S/C13H20O2/c1-10(11-7-5-4-6-8-11)12(14)9-13(2,3)15/h4-8,10,12,14-15H,9H2,1-3H3. The lowest BCUT2D eigenvalue weighted by Gasteiger charge is -2.25. The van der Waals surface area contributed by atoms with Crippen LogP contribution >= 0.6 is 0 Å². The monoisotopic (exact) mass is 208 g/mol. The van der Waals surface area contributed by atoms with Gasteiger partial charge in [0.2, 0.25) is 0 Å². The van der Waals surface area contributed by atoms with Gasteiger partial charge in [-0.2, -0.15) is 0 Å². The van der Waals surface area contributed by atoms with E-state index in [2.05, 4.69) is 0 Å². The van der Waals surface area contributed by atoms with Gasteiger partial charge < -0.3 is 10.2 Å². The lowest BCUT2D eigenvalue weighted by Crippen LogP contribution is -2.29. The van der Waals surface area contributed by atoms with Crippen molar-refractivity contribution in [3.05, 3.63) is 35.9 Å². The molecule has 0 bridgehead atoms. The van der Waals surface area contributed by atoms with E-state index < -0.39 is 11.7 Å². The van der Waals surface area contributed by atoms with Gasteiger partial charge in [0.25, 0.3) is 0 Å². The minimum atomic E-state index is -0.817. The van der Waals surface area contributed by atoms with Gasteiger partial charge in [-0.25, -0.2) is 0 Å². The van der Waals surface area contributed by atoms with Crippen LogP contribution in [0.1, 0.15) is 38.7 Å². The molecule has 2 heteroatoms. The van der Waals surface area contributed by atoms with Gasteiger partial charge in [0.05, 0.1) is 11.7 Å². The number of hydrogen-bond acceptors (Lipinski definition) is 2. The van der Waals surface area contributed by atoms with Crippen LogP contribution in [0.15, 0.2) is 30.3 Å². The van der Waals surface area contributed by atoms with E-state index in [0.29, 0.717) is 6.42 Å². The SMILES string of the molecule is CC(c1ccccc1)C(O)CC(C)(C)O. The molecule has 84 valence electrons. The fraction of sp³-hybridized carbons (Fsp3) is 0.538. The minimum absolute atomic E-state index is 0.0534. The normalized spacial score (nSPS) is 16.1. The Labute approximate surface area is 91.6 Å². The Morgan fingerprint density at radius 3 is 2.20 bits per heavy atom. The Morgan fingerprint density at radius 2 is 1.73 bits per heavy atom. The predicted octanol–water partition coefficient (Wildman–Crippen LogP) is 2.31. The van der Waals surface area contributed by atoms with E-state index in [0.717, 1.165) is 5.56 Å². The molecule has 0 aliphatic rings. The van der Waals surface area contributed by atoms with Crippen LogP contribution in [-0.2, 0) is 0 Å². The Bertz CT molecular complexity index is 287. The highest BCUT2D eigenvalue weighted by Gasteiger charge is 2.23. The molecule has 0 aromatic heterocycles. The first-order valence-corrected chi connectivity index (χ1v) is 5.35. The molecule has 2 nitrogen and oxygen atoms in total. The summed E-state index contributed by atoms with van der Waals surface area (Å²) in [6, 6.07) is 9.88. The van der Waals surface area contributed by atoms with E-state index in [4.69, 9.17) is 0 Å². The van der Waals surface area contributed by atoms with Gasteiger partial charge in [0, 0.05) is 12.3 Å². The van der Waals surface area contributed by atoms with E-state index in [1.165, 1.54) is 0 Å². The van der Waals surface area contributed by atoms with Gasteiger partial charge in [-0.15, -0.1) is 0 Å².